The van der Waals surface area contributed by atoms with Gasteiger partial charge in [0.2, 0.25) is 0 Å². The molecule has 0 unspecified atom stereocenters. The molecule has 1 N–H and O–H groups in total. The van der Waals surface area contributed by atoms with E-state index in [0.29, 0.717) is 35.8 Å². The first-order chi connectivity index (χ1) is 12.0. The van der Waals surface area contributed by atoms with Gasteiger partial charge >= 0.3 is 0 Å². The second-order valence-electron chi connectivity index (χ2n) is 5.96. The van der Waals surface area contributed by atoms with Gasteiger partial charge in [0.1, 0.15) is 16.5 Å². The molecule has 3 aromatic rings. The SMILES string of the molecule is CN1CCn2cc(-c3nnc(Cc4ccc(F)cc4)s3)c(O)c2C1=O. The maximum Gasteiger partial charge on any atom is 0.274 e. The maximum atomic E-state index is 13.0. The highest BCUT2D eigenvalue weighted by Crippen LogP contribution is 2.37. The van der Waals surface area contributed by atoms with Crippen LogP contribution in [0.1, 0.15) is 21.1 Å². The first kappa shape index (κ1) is 15.8. The van der Waals surface area contributed by atoms with Gasteiger partial charge < -0.3 is 14.6 Å². The molecule has 0 fully saturated rings. The van der Waals surface area contributed by atoms with Crippen LogP contribution in [0.25, 0.3) is 10.6 Å². The van der Waals surface area contributed by atoms with E-state index in [9.17, 15) is 14.3 Å². The lowest BCUT2D eigenvalue weighted by Gasteiger charge is -2.24. The summed E-state index contributed by atoms with van der Waals surface area (Å²) >= 11 is 1.35. The number of nitrogens with zero attached hydrogens (tertiary/aromatic N) is 4. The Balaban J connectivity index is 1.63. The Kier molecular flexibility index (Phi) is 3.76. The minimum atomic E-state index is -0.277. The molecule has 4 rings (SSSR count). The van der Waals surface area contributed by atoms with Crippen molar-refractivity contribution < 1.29 is 14.3 Å². The van der Waals surface area contributed by atoms with Gasteiger partial charge in [-0.3, -0.25) is 4.79 Å². The second-order valence-corrected chi connectivity index (χ2v) is 7.03. The van der Waals surface area contributed by atoms with Crippen molar-refractivity contribution in [2.75, 3.05) is 13.6 Å². The van der Waals surface area contributed by atoms with Gasteiger partial charge in [-0.05, 0) is 17.7 Å². The summed E-state index contributed by atoms with van der Waals surface area (Å²) < 4.78 is 14.7. The quantitative estimate of drug-likeness (QED) is 0.781. The molecular formula is C17H15FN4O2S. The monoisotopic (exact) mass is 358 g/mol. The van der Waals surface area contributed by atoms with Crippen LogP contribution >= 0.6 is 11.3 Å². The number of benzene rings is 1. The number of amides is 1. The summed E-state index contributed by atoms with van der Waals surface area (Å²) in [5, 5.41) is 20.1. The molecule has 2 aromatic heterocycles. The maximum absolute atomic E-state index is 13.0. The number of carbonyl (C=O) groups excluding carboxylic acids is 1. The van der Waals surface area contributed by atoms with Gasteiger partial charge in [-0.1, -0.05) is 23.5 Å². The molecule has 0 atom stereocenters. The molecule has 1 aliphatic rings. The molecule has 1 amide bonds. The van der Waals surface area contributed by atoms with Gasteiger partial charge in [0.15, 0.2) is 10.8 Å². The van der Waals surface area contributed by atoms with E-state index in [2.05, 4.69) is 10.2 Å². The highest BCUT2D eigenvalue weighted by Gasteiger charge is 2.29. The third-order valence-corrected chi connectivity index (χ3v) is 5.20. The molecule has 0 saturated carbocycles. The minimum Gasteiger partial charge on any atom is -0.505 e. The van der Waals surface area contributed by atoms with Gasteiger partial charge in [-0.15, -0.1) is 10.2 Å². The zero-order valence-corrected chi connectivity index (χ0v) is 14.3. The smallest absolute Gasteiger partial charge is 0.274 e. The van der Waals surface area contributed by atoms with Crippen LogP contribution in [0.5, 0.6) is 5.75 Å². The van der Waals surface area contributed by atoms with Crippen molar-refractivity contribution >= 4 is 17.2 Å². The molecule has 0 aliphatic carbocycles. The predicted molar refractivity (Wildman–Crippen MR) is 91.2 cm³/mol. The number of aromatic nitrogens is 3. The molecule has 128 valence electrons. The van der Waals surface area contributed by atoms with E-state index >= 15 is 0 Å². The van der Waals surface area contributed by atoms with Crippen molar-refractivity contribution in [3.05, 3.63) is 52.5 Å². The summed E-state index contributed by atoms with van der Waals surface area (Å²) in [5.74, 6) is -0.535. The van der Waals surface area contributed by atoms with Crippen molar-refractivity contribution in [1.82, 2.24) is 19.7 Å². The molecule has 8 heteroatoms. The summed E-state index contributed by atoms with van der Waals surface area (Å²) in [5.41, 5.74) is 1.74. The molecular weight excluding hydrogens is 343 g/mol. The second kappa shape index (κ2) is 5.96. The first-order valence-electron chi connectivity index (χ1n) is 7.77. The number of hydrogen-bond acceptors (Lipinski definition) is 5. The number of fused-ring (bicyclic) bond motifs is 1. The standard InChI is InChI=1S/C17H15FN4O2S/c1-21-6-7-22-9-12(15(23)14(22)17(21)24)16-20-19-13(25-16)8-10-2-4-11(18)5-3-10/h2-5,9,23H,6-8H2,1H3. The number of rotatable bonds is 3. The summed E-state index contributed by atoms with van der Waals surface area (Å²) in [6.07, 6.45) is 2.28. The van der Waals surface area contributed by atoms with Crippen molar-refractivity contribution in [3.63, 3.8) is 0 Å². The number of aromatic hydroxyl groups is 1. The van der Waals surface area contributed by atoms with Crippen LogP contribution in [0, 0.1) is 5.82 Å². The van der Waals surface area contributed by atoms with E-state index in [1.165, 1.54) is 23.5 Å². The number of hydrogen-bond donors (Lipinski definition) is 1. The Morgan fingerprint density at radius 3 is 2.76 bits per heavy atom. The predicted octanol–water partition coefficient (Wildman–Crippen LogP) is 2.53. The van der Waals surface area contributed by atoms with Crippen LogP contribution in [0.15, 0.2) is 30.5 Å². The number of carbonyl (C=O) groups is 1. The van der Waals surface area contributed by atoms with Gasteiger partial charge in [-0.2, -0.15) is 0 Å². The van der Waals surface area contributed by atoms with Crippen LogP contribution in [-0.2, 0) is 13.0 Å². The molecule has 3 heterocycles. The van der Waals surface area contributed by atoms with Gasteiger partial charge in [0.05, 0.1) is 5.56 Å². The zero-order valence-electron chi connectivity index (χ0n) is 13.4. The van der Waals surface area contributed by atoms with Gasteiger partial charge in [-0.25, -0.2) is 4.39 Å². The highest BCUT2D eigenvalue weighted by atomic mass is 32.1. The van der Waals surface area contributed by atoms with Crippen LogP contribution < -0.4 is 0 Å². The highest BCUT2D eigenvalue weighted by molar-refractivity contribution is 7.14. The molecule has 1 aromatic carbocycles. The Morgan fingerprint density at radius 1 is 1.24 bits per heavy atom. The van der Waals surface area contributed by atoms with E-state index in [4.69, 9.17) is 0 Å². The van der Waals surface area contributed by atoms with E-state index in [1.54, 1.807) is 34.8 Å². The van der Waals surface area contributed by atoms with E-state index in [0.717, 1.165) is 10.6 Å². The van der Waals surface area contributed by atoms with Gasteiger partial charge in [0.25, 0.3) is 5.91 Å². The van der Waals surface area contributed by atoms with Crippen LogP contribution in [0.3, 0.4) is 0 Å². The Bertz CT molecular complexity index is 948. The van der Waals surface area contributed by atoms with Crippen LogP contribution in [0.4, 0.5) is 4.39 Å². The normalized spacial score (nSPS) is 14.0. The summed E-state index contributed by atoms with van der Waals surface area (Å²) in [4.78, 5) is 13.8. The van der Waals surface area contributed by atoms with Gasteiger partial charge in [0, 0.05) is 32.8 Å². The van der Waals surface area contributed by atoms with E-state index in [-0.39, 0.29) is 17.5 Å². The molecule has 25 heavy (non-hydrogen) atoms. The topological polar surface area (TPSA) is 71.2 Å². The summed E-state index contributed by atoms with van der Waals surface area (Å²) in [6.45, 7) is 1.23. The Morgan fingerprint density at radius 2 is 2.00 bits per heavy atom. The Labute approximate surface area is 147 Å². The first-order valence-corrected chi connectivity index (χ1v) is 8.59. The fourth-order valence-electron chi connectivity index (χ4n) is 2.85. The van der Waals surface area contributed by atoms with E-state index in [1.807, 2.05) is 0 Å². The summed E-state index contributed by atoms with van der Waals surface area (Å²) in [7, 11) is 1.71. The lowest BCUT2D eigenvalue weighted by Crippen LogP contribution is -2.36. The average Bonchev–Trinajstić information content (AvgIpc) is 3.18. The molecule has 0 radical (unpaired) electrons. The minimum absolute atomic E-state index is 0.0546. The van der Waals surface area contributed by atoms with Crippen molar-refractivity contribution in [1.29, 1.82) is 0 Å². The Hall–Kier alpha value is -2.74. The fraction of sp³-hybridized carbons (Fsp3) is 0.235. The van der Waals surface area contributed by atoms with Crippen molar-refractivity contribution in [3.8, 4) is 16.3 Å². The van der Waals surface area contributed by atoms with Crippen molar-refractivity contribution in [2.45, 2.75) is 13.0 Å². The average molecular weight is 358 g/mol. The van der Waals surface area contributed by atoms with Crippen LogP contribution in [0.2, 0.25) is 0 Å². The third kappa shape index (κ3) is 2.78. The lowest BCUT2D eigenvalue weighted by molar-refractivity contribution is 0.0745. The lowest BCUT2D eigenvalue weighted by atomic mass is 10.2. The third-order valence-electron chi connectivity index (χ3n) is 4.24. The molecule has 0 bridgehead atoms. The summed E-state index contributed by atoms with van der Waals surface area (Å²) in [6, 6.07) is 6.24. The van der Waals surface area contributed by atoms with Crippen molar-refractivity contribution in [2.24, 2.45) is 0 Å². The molecule has 0 spiro atoms. The number of halogens is 1. The molecule has 6 nitrogen and oxygen atoms in total. The zero-order chi connectivity index (χ0) is 17.6. The molecule has 1 aliphatic heterocycles. The number of likely N-dealkylation sites (N-methyl/N-ethyl adjacent to an activating group) is 1. The fourth-order valence-corrected chi connectivity index (χ4v) is 3.74. The largest absolute Gasteiger partial charge is 0.505 e. The van der Waals surface area contributed by atoms with E-state index < -0.39 is 0 Å². The molecule has 0 saturated heterocycles. The van der Waals surface area contributed by atoms with Crippen LogP contribution in [-0.4, -0.2) is 44.3 Å².